The molecule has 1 aliphatic heterocycles. The van der Waals surface area contributed by atoms with Crippen molar-refractivity contribution in [3.8, 4) is 11.4 Å². The maximum Gasteiger partial charge on any atom is 0.282 e. The van der Waals surface area contributed by atoms with Gasteiger partial charge in [-0.15, -0.1) is 23.8 Å². The topological polar surface area (TPSA) is 38.1 Å². The van der Waals surface area contributed by atoms with Gasteiger partial charge in [0.15, 0.2) is 0 Å². The van der Waals surface area contributed by atoms with E-state index in [1.54, 1.807) is 0 Å². The third-order valence-electron chi connectivity index (χ3n) is 11.0. The van der Waals surface area contributed by atoms with Crippen LogP contribution < -0.4 is 9.97 Å². The van der Waals surface area contributed by atoms with Crippen molar-refractivity contribution < 1.29 is 24.7 Å². The summed E-state index contributed by atoms with van der Waals surface area (Å²) in [6, 6.07) is 18.7. The Morgan fingerprint density at radius 1 is 0.902 bits per heavy atom. The number of fused-ring (bicyclic) bond motifs is 6. The minimum atomic E-state index is -3.39. The van der Waals surface area contributed by atoms with E-state index in [0.717, 1.165) is 44.5 Å². The van der Waals surface area contributed by atoms with E-state index in [4.69, 9.17) is 4.98 Å². The molecule has 0 amide bonds. The summed E-state index contributed by atoms with van der Waals surface area (Å²) >= 11 is 0. The van der Waals surface area contributed by atoms with Crippen LogP contribution in [0.3, 0.4) is 0 Å². The smallest absolute Gasteiger partial charge is 0.282 e. The van der Waals surface area contributed by atoms with Gasteiger partial charge in [-0.2, -0.15) is 0 Å². The number of hydrogen-bond acceptors (Lipinski definition) is 2. The van der Waals surface area contributed by atoms with Gasteiger partial charge in [0, 0.05) is 27.2 Å². The van der Waals surface area contributed by atoms with Crippen LogP contribution in [0.15, 0.2) is 42.5 Å². The van der Waals surface area contributed by atoms with Crippen molar-refractivity contribution in [3.05, 3.63) is 76.3 Å². The summed E-state index contributed by atoms with van der Waals surface area (Å²) in [5.41, 5.74) is 9.43. The number of nitrogens with zero attached hydrogens (tertiary/aromatic N) is 3. The zero-order chi connectivity index (χ0) is 29.4. The van der Waals surface area contributed by atoms with Crippen LogP contribution in [0.2, 0.25) is 0 Å². The fourth-order valence-electron chi connectivity index (χ4n) is 7.18. The van der Waals surface area contributed by atoms with Crippen LogP contribution in [0.25, 0.3) is 22.4 Å². The minimum absolute atomic E-state index is 0. The van der Waals surface area contributed by atoms with Crippen molar-refractivity contribution in [2.75, 3.05) is 11.7 Å². The molecule has 1 aliphatic carbocycles. The van der Waals surface area contributed by atoms with Crippen LogP contribution in [-0.2, 0) is 40.9 Å². The normalized spacial score (nSPS) is 21.7. The van der Waals surface area contributed by atoms with E-state index in [2.05, 4.69) is 129 Å². The molecule has 2 aliphatic rings. The predicted octanol–water partition coefficient (Wildman–Crippen LogP) is 8.83. The Kier molecular flexibility index (Phi) is 6.58. The third kappa shape index (κ3) is 3.68. The maximum atomic E-state index is 16.0. The van der Waals surface area contributed by atoms with Crippen LogP contribution in [-0.4, -0.2) is 16.4 Å². The Hall–Kier alpha value is -2.19. The van der Waals surface area contributed by atoms with Gasteiger partial charge < -0.3 is 4.67 Å². The molecule has 1 radical (unpaired) electrons. The second-order valence-corrected chi connectivity index (χ2v) is 17.3. The van der Waals surface area contributed by atoms with E-state index < -0.39 is 7.44 Å². The van der Waals surface area contributed by atoms with Crippen LogP contribution in [0.4, 0.5) is 5.69 Å². The van der Waals surface area contributed by atoms with Crippen molar-refractivity contribution in [2.24, 2.45) is 5.41 Å². The van der Waals surface area contributed by atoms with E-state index in [0.29, 0.717) is 0 Å². The molecule has 1 aromatic heterocycles. The molecule has 0 bridgehead atoms. The molecular weight excluding hydrogens is 702 g/mol. The first kappa shape index (κ1) is 30.3. The largest absolute Gasteiger partial charge is 0.347 e. The summed E-state index contributed by atoms with van der Waals surface area (Å²) in [5, 5.41) is 0.894. The Bertz CT molecular complexity index is 1770. The van der Waals surface area contributed by atoms with Crippen LogP contribution in [0, 0.1) is 25.3 Å². The molecule has 0 fully saturated rings. The molecule has 2 heterocycles. The van der Waals surface area contributed by atoms with Gasteiger partial charge in [0.05, 0.1) is 22.2 Å². The van der Waals surface area contributed by atoms with Crippen LogP contribution in [0.1, 0.15) is 90.1 Å². The first-order valence-electron chi connectivity index (χ1n) is 14.4. The van der Waals surface area contributed by atoms with Crippen molar-refractivity contribution in [2.45, 2.75) is 92.4 Å². The number of aryl methyl sites for hydroxylation is 2. The molecule has 1 atom stereocenters. The number of hydrogen-bond donors (Lipinski definition) is 0. The molecule has 6 rings (SSSR count). The Labute approximate surface area is 259 Å². The summed E-state index contributed by atoms with van der Waals surface area (Å²) in [6.45, 7) is 24.9. The Morgan fingerprint density at radius 3 is 2.02 bits per heavy atom. The standard InChI is InChI=1S/C35H43N3OP.Ir/c1-21-14-13-15-22(2)30(21)40(39)37(12)28-18-23(32(3,4)5)16-17-24(28)31-36-27-19-25-26(20-29(27)38(31)40)34(8,9)35(10,11)33(25,6)7;/h13-16,18-20H,1-12H3;/q-1;. The van der Waals surface area contributed by atoms with E-state index in [-0.39, 0.29) is 41.8 Å². The second kappa shape index (κ2) is 8.91. The van der Waals surface area contributed by atoms with Crippen molar-refractivity contribution >= 4 is 29.5 Å². The quantitative estimate of drug-likeness (QED) is 0.145. The van der Waals surface area contributed by atoms with E-state index in [1.807, 2.05) is 11.7 Å². The molecule has 219 valence electrons. The number of rotatable bonds is 1. The number of aromatic nitrogens is 2. The molecule has 0 saturated heterocycles. The number of imidazole rings is 1. The van der Waals surface area contributed by atoms with Gasteiger partial charge in [-0.25, -0.2) is 0 Å². The first-order valence-corrected chi connectivity index (χ1v) is 16.0. The fourth-order valence-corrected chi connectivity index (χ4v) is 10.3. The Balaban J connectivity index is 0.00000337. The molecule has 0 N–H and O–H groups in total. The first-order chi connectivity index (χ1) is 18.4. The van der Waals surface area contributed by atoms with Gasteiger partial charge in [-0.1, -0.05) is 86.1 Å². The molecule has 1 unspecified atom stereocenters. The second-order valence-electron chi connectivity index (χ2n) is 14.7. The SMILES string of the molecule is Cc1cccc(C)c1P1(=O)N(C)c2cc(C(C)(C)C)c[c-]c2-c2nc3cc4c(cc3n21)C(C)(C)C(C)(C)C4(C)C.[Ir]. The van der Waals surface area contributed by atoms with Gasteiger partial charge >= 0.3 is 0 Å². The third-order valence-corrected chi connectivity index (χ3v) is 14.3. The van der Waals surface area contributed by atoms with Gasteiger partial charge in [0.1, 0.15) is 0 Å². The Morgan fingerprint density at radius 2 is 1.46 bits per heavy atom. The molecule has 0 saturated carbocycles. The summed E-state index contributed by atoms with van der Waals surface area (Å²) in [7, 11) is -1.40. The van der Waals surface area contributed by atoms with E-state index in [9.17, 15) is 0 Å². The summed E-state index contributed by atoms with van der Waals surface area (Å²) in [5.74, 6) is 0.744. The van der Waals surface area contributed by atoms with E-state index >= 15 is 4.57 Å². The number of benzene rings is 3. The maximum absolute atomic E-state index is 16.0. The molecule has 41 heavy (non-hydrogen) atoms. The summed E-state index contributed by atoms with van der Waals surface area (Å²) in [4.78, 5) is 5.27. The van der Waals surface area contributed by atoms with Crippen LogP contribution >= 0.6 is 7.44 Å². The minimum Gasteiger partial charge on any atom is -0.347 e. The average Bonchev–Trinajstić information content (AvgIpc) is 3.28. The monoisotopic (exact) mass is 745 g/mol. The molecule has 6 heteroatoms. The van der Waals surface area contributed by atoms with Crippen molar-refractivity contribution in [1.29, 1.82) is 0 Å². The summed E-state index contributed by atoms with van der Waals surface area (Å²) in [6.07, 6.45) is 0. The number of anilines is 1. The zero-order valence-electron chi connectivity index (χ0n) is 26.6. The van der Waals surface area contributed by atoms with E-state index in [1.165, 1.54) is 16.7 Å². The average molecular weight is 745 g/mol. The molecule has 3 aromatic carbocycles. The predicted molar refractivity (Wildman–Crippen MR) is 169 cm³/mol. The van der Waals surface area contributed by atoms with Gasteiger partial charge in [0.25, 0.3) is 7.44 Å². The zero-order valence-corrected chi connectivity index (χ0v) is 29.9. The molecule has 4 nitrogen and oxygen atoms in total. The fraction of sp³-hybridized carbons (Fsp3) is 0.457. The molecular formula is C35H43IrN3OP-. The molecule has 0 spiro atoms. The van der Waals surface area contributed by atoms with Gasteiger partial charge in [0.2, 0.25) is 0 Å². The van der Waals surface area contributed by atoms with Crippen LogP contribution in [0.5, 0.6) is 0 Å². The van der Waals surface area contributed by atoms with Gasteiger partial charge in [-0.05, 0) is 75.6 Å². The van der Waals surface area contributed by atoms with Gasteiger partial charge in [-0.3, -0.25) is 13.9 Å². The molecule has 4 aromatic rings. The summed E-state index contributed by atoms with van der Waals surface area (Å²) < 4.78 is 20.1. The van der Waals surface area contributed by atoms with Crippen molar-refractivity contribution in [3.63, 3.8) is 0 Å². The van der Waals surface area contributed by atoms with Crippen molar-refractivity contribution in [1.82, 2.24) is 9.32 Å².